The first-order chi connectivity index (χ1) is 32.6. The van der Waals surface area contributed by atoms with Crippen LogP contribution in [0.5, 0.6) is 0 Å². The smallest absolute Gasteiger partial charge is 0.744 e. The average Bonchev–Trinajstić information content (AvgIpc) is 3.27. The van der Waals surface area contributed by atoms with Crippen LogP contribution < -0.4 is 156 Å². The maximum atomic E-state index is 14.5. The number of halogens is 2. The minimum absolute atomic E-state index is 0. The summed E-state index contributed by atoms with van der Waals surface area (Å²) in [5.74, 6) is -0.785. The van der Waals surface area contributed by atoms with Crippen molar-refractivity contribution in [3.63, 3.8) is 0 Å². The molecule has 73 heavy (non-hydrogen) atoms. The standard InChI is InChI=1S/C34H30ClFN16O13S4.4Na/c35-29-42-31(39-16-2-1-3-19(12-16)67(54,55)56)46-32(43-29)40-18-5-7-24(68(57,58)59)21(14-18)49-50-22-15-25(69(60,61)62)27(38)28(26(22)37)51-48-20-13-17(4-6-23(20)66-65-64-53)41-33-44-30(36)45-34(47-33)52-8-10-63-11-9-52;;;;/h1-7,12-15,53H,8-11,37-38H2,(H,54,55,56)(H,57,58,59)(H,60,61,62)(H,41,44,45,47)(H2,39,40,42,43,46);;;;/q;4*+1/p-4. The number of rotatable bonds is 17. The molecule has 4 aromatic carbocycles. The van der Waals surface area contributed by atoms with E-state index in [9.17, 15) is 48.6 Å². The summed E-state index contributed by atoms with van der Waals surface area (Å²) in [5.41, 5.74) is 8.87. The van der Waals surface area contributed by atoms with E-state index in [1.165, 1.54) is 30.3 Å². The number of nitrogen functional groups attached to an aromatic ring is 2. The number of nitrogens with two attached hydrogens (primary N) is 2. The molecule has 6 aromatic rings. The first-order valence-corrected chi connectivity index (χ1v) is 23.9. The zero-order chi connectivity index (χ0) is 49.7. The molecule has 0 bridgehead atoms. The van der Waals surface area contributed by atoms with Gasteiger partial charge in [-0.15, -0.1) is 20.5 Å². The van der Waals surface area contributed by atoms with Gasteiger partial charge in [0, 0.05) is 30.2 Å². The van der Waals surface area contributed by atoms with Gasteiger partial charge in [0.25, 0.3) is 0 Å². The zero-order valence-electron chi connectivity index (χ0n) is 37.9. The van der Waals surface area contributed by atoms with Crippen molar-refractivity contribution < 1.29 is 181 Å². The van der Waals surface area contributed by atoms with E-state index in [1.54, 1.807) is 4.90 Å². The van der Waals surface area contributed by atoms with Gasteiger partial charge in [-0.25, -0.2) is 25.3 Å². The zero-order valence-corrected chi connectivity index (χ0v) is 50.0. The third-order valence-corrected chi connectivity index (χ3v) is 12.2. The Morgan fingerprint density at radius 1 is 0.658 bits per heavy atom. The summed E-state index contributed by atoms with van der Waals surface area (Å²) in [6.45, 7) is 1.46. The number of nitrogens with zero attached hydrogens (tertiary/aromatic N) is 11. The molecule has 0 radical (unpaired) electrons. The summed E-state index contributed by atoms with van der Waals surface area (Å²) in [7, 11) is -15.6. The van der Waals surface area contributed by atoms with Crippen LogP contribution >= 0.6 is 23.6 Å². The summed E-state index contributed by atoms with van der Waals surface area (Å²) in [6, 6.07) is 12.2. The Hall–Kier alpha value is -2.96. The van der Waals surface area contributed by atoms with Crippen molar-refractivity contribution >= 4 is 129 Å². The average molecular weight is 1140 g/mol. The second-order valence-electron chi connectivity index (χ2n) is 13.4. The van der Waals surface area contributed by atoms with Gasteiger partial charge < -0.3 is 56.0 Å². The van der Waals surface area contributed by atoms with Crippen molar-refractivity contribution in [2.45, 2.75) is 19.6 Å². The van der Waals surface area contributed by atoms with Crippen molar-refractivity contribution in [3.8, 4) is 0 Å². The fraction of sp³-hybridized carbons (Fsp3) is 0.118. The molecule has 0 spiro atoms. The van der Waals surface area contributed by atoms with Gasteiger partial charge in [0.2, 0.25) is 29.1 Å². The largest absolute Gasteiger partial charge is 1.00 e. The normalized spacial score (nSPS) is 12.8. The molecule has 362 valence electrons. The van der Waals surface area contributed by atoms with E-state index in [2.05, 4.69) is 75.7 Å². The molecule has 1 fully saturated rings. The van der Waals surface area contributed by atoms with Crippen molar-refractivity contribution in [2.75, 3.05) is 58.6 Å². The summed E-state index contributed by atoms with van der Waals surface area (Å²) in [5, 5.41) is 37.4. The van der Waals surface area contributed by atoms with Crippen LogP contribution in [0.25, 0.3) is 0 Å². The molecule has 0 atom stereocenters. The van der Waals surface area contributed by atoms with Crippen LogP contribution in [0.3, 0.4) is 0 Å². The monoisotopic (exact) mass is 1140 g/mol. The Morgan fingerprint density at radius 3 is 1.82 bits per heavy atom. The molecule has 0 amide bonds. The fourth-order valence-corrected chi connectivity index (χ4v) is 8.13. The molecule has 1 aliphatic heterocycles. The number of morpholine rings is 1. The molecule has 1 saturated heterocycles. The number of aromatic nitrogens is 6. The molecule has 39 heteroatoms. The molecular weight excluding hydrogens is 1120 g/mol. The maximum absolute atomic E-state index is 14.5. The van der Waals surface area contributed by atoms with Gasteiger partial charge in [0.05, 0.1) is 56.2 Å². The number of benzene rings is 4. The van der Waals surface area contributed by atoms with Gasteiger partial charge in [0.15, 0.2) is 0 Å². The van der Waals surface area contributed by atoms with E-state index in [1.807, 2.05) is 0 Å². The Kier molecular flexibility index (Phi) is 24.6. The second-order valence-corrected chi connectivity index (χ2v) is 18.6. The van der Waals surface area contributed by atoms with Crippen LogP contribution in [-0.4, -0.2) is 95.1 Å². The molecule has 7 N–H and O–H groups in total. The summed E-state index contributed by atoms with van der Waals surface area (Å²) >= 11 is 6.41. The Balaban J connectivity index is 0.00000352. The summed E-state index contributed by atoms with van der Waals surface area (Å²) in [4.78, 5) is 22.6. The first-order valence-electron chi connectivity index (χ1n) is 18.6. The summed E-state index contributed by atoms with van der Waals surface area (Å²) < 4.78 is 133. The van der Waals surface area contributed by atoms with Gasteiger partial charge >= 0.3 is 124 Å². The topological polar surface area (TPSA) is 440 Å². The number of hydrogen-bond donors (Lipinski definition) is 5. The maximum Gasteiger partial charge on any atom is 1.00 e. The molecule has 0 unspecified atom stereocenters. The molecule has 0 saturated carbocycles. The minimum Gasteiger partial charge on any atom is -0.744 e. The third-order valence-electron chi connectivity index (χ3n) is 8.84. The molecule has 29 nitrogen and oxygen atoms in total. The van der Waals surface area contributed by atoms with Crippen LogP contribution in [0.4, 0.5) is 79.4 Å². The van der Waals surface area contributed by atoms with E-state index < -0.39 is 84.8 Å². The predicted octanol–water partition coefficient (Wildman–Crippen LogP) is -8.13. The number of anilines is 9. The SMILES string of the molecule is Nc1c(N=Nc2cc(Nc3nc(Cl)nc(Nc4cccc(S(=O)(=O)[O-])c4)n3)ccc2S(=O)(=O)[O-])cc(S(=O)(=O)[O-])c(N)c1N=Nc1cc(Nc2nc(F)nc(N3CCOCC3)n2)ccc1SOO[O-].[Na+].[Na+].[Na+].[Na+]. The third kappa shape index (κ3) is 17.5. The molecule has 2 aromatic heterocycles. The van der Waals surface area contributed by atoms with Crippen molar-refractivity contribution in [1.82, 2.24) is 29.9 Å². The molecule has 0 aliphatic carbocycles. The Morgan fingerprint density at radius 2 is 1.22 bits per heavy atom. The van der Waals surface area contributed by atoms with E-state index in [0.29, 0.717) is 44.4 Å². The van der Waals surface area contributed by atoms with Crippen LogP contribution in [0.2, 0.25) is 5.28 Å². The molecule has 1 aliphatic rings. The second kappa shape index (κ2) is 27.9. The van der Waals surface area contributed by atoms with Gasteiger partial charge in [0.1, 0.15) is 53.1 Å². The van der Waals surface area contributed by atoms with Crippen molar-refractivity contribution in [2.24, 2.45) is 20.5 Å². The van der Waals surface area contributed by atoms with Crippen LogP contribution in [0.15, 0.2) is 107 Å². The number of ether oxygens (including phenoxy) is 1. The van der Waals surface area contributed by atoms with Gasteiger partial charge in [-0.05, 0) is 72.3 Å². The number of azo groups is 2. The Labute approximate surface area is 510 Å². The number of hydrogen-bond acceptors (Lipinski definition) is 30. The quantitative estimate of drug-likeness (QED) is 0.0108. The number of nitrogens with one attached hydrogen (secondary N) is 3. The molecular formula is C34H26ClFN16Na4O13S4. The van der Waals surface area contributed by atoms with E-state index >= 15 is 0 Å². The fourth-order valence-electron chi connectivity index (χ4n) is 5.83. The van der Waals surface area contributed by atoms with Crippen molar-refractivity contribution in [3.05, 3.63) is 78.1 Å². The summed E-state index contributed by atoms with van der Waals surface area (Å²) in [6.07, 6.45) is -1.11. The van der Waals surface area contributed by atoms with Crippen LogP contribution in [0.1, 0.15) is 0 Å². The van der Waals surface area contributed by atoms with Gasteiger partial charge in [-0.2, -0.15) is 38.6 Å². The molecule has 7 rings (SSSR count). The van der Waals surface area contributed by atoms with Crippen LogP contribution in [-0.2, 0) is 44.5 Å². The van der Waals surface area contributed by atoms with Crippen LogP contribution in [0, 0.1) is 6.08 Å². The van der Waals surface area contributed by atoms with Crippen molar-refractivity contribution in [1.29, 1.82) is 0 Å². The van der Waals surface area contributed by atoms with Gasteiger partial charge in [-0.3, -0.25) is 5.04 Å². The predicted molar refractivity (Wildman–Crippen MR) is 232 cm³/mol. The van der Waals surface area contributed by atoms with E-state index in [4.69, 9.17) is 27.8 Å². The van der Waals surface area contributed by atoms with E-state index in [0.717, 1.165) is 30.3 Å². The minimum atomic E-state index is -5.46. The Bertz CT molecular complexity index is 3380. The first kappa shape index (κ1) is 64.3. The van der Waals surface area contributed by atoms with E-state index in [-0.39, 0.29) is 170 Å². The van der Waals surface area contributed by atoms with Gasteiger partial charge in [-0.1, -0.05) is 6.07 Å². The molecule has 3 heterocycles.